The Morgan fingerprint density at radius 3 is 1.72 bits per heavy atom. The molecule has 0 radical (unpaired) electrons. The van der Waals surface area contributed by atoms with Gasteiger partial charge in [0.15, 0.2) is 0 Å². The maximum Gasteiger partial charge on any atom is -1.00 e. The molecule has 0 nitrogen and oxygen atoms in total. The minimum atomic E-state index is -1.31. The topological polar surface area (TPSA) is 0 Å². The zero-order valence-corrected chi connectivity index (χ0v) is 33.1. The van der Waals surface area contributed by atoms with E-state index in [2.05, 4.69) is 137 Å². The standard InChI is InChI=1S/C23H25.C19H21Si.2ClH.Zr/c1-16(2)17-10-12-19(13-11-17)22-9-5-8-20-14-21(15-23(20)22)18-6-3-4-7-18;1-14-12-16-6-5-7-18(19(16)13-14)15-8-10-17(11-9-15)20(2,3)4;;;/h5,8-16,18H,3-4,6-7H2,1-2H3;5-13H,1-4H3;2*1H;/q;;;;+2/p-2. The van der Waals surface area contributed by atoms with Crippen LogP contribution in [0.4, 0.5) is 0 Å². The fourth-order valence-electron chi connectivity index (χ4n) is 7.87. The van der Waals surface area contributed by atoms with Crippen LogP contribution in [0.3, 0.4) is 0 Å². The summed E-state index contributed by atoms with van der Waals surface area (Å²) in [6, 6.07) is 33.3. The van der Waals surface area contributed by atoms with E-state index in [-0.39, 0.29) is 24.8 Å². The second-order valence-electron chi connectivity index (χ2n) is 14.8. The van der Waals surface area contributed by atoms with E-state index in [0.29, 0.717) is 13.2 Å². The molecule has 3 aliphatic carbocycles. The van der Waals surface area contributed by atoms with Crippen molar-refractivity contribution in [2.45, 2.75) is 79.3 Å². The molecule has 0 spiro atoms. The molecule has 0 N–H and O–H groups in total. The number of hydrogen-bond acceptors (Lipinski definition) is 0. The molecule has 4 heteroatoms. The quantitative estimate of drug-likeness (QED) is 0.218. The number of fused-ring (bicyclic) bond motifs is 2. The second kappa shape index (κ2) is 14.3. The van der Waals surface area contributed by atoms with Gasteiger partial charge in [0.2, 0.25) is 0 Å². The fourth-order valence-corrected chi connectivity index (χ4v) is 14.1. The first-order chi connectivity index (χ1) is 21.2. The van der Waals surface area contributed by atoms with Crippen LogP contribution >= 0.6 is 0 Å². The van der Waals surface area contributed by atoms with E-state index < -0.39 is 31.3 Å². The van der Waals surface area contributed by atoms with Crippen LogP contribution in [0.5, 0.6) is 0 Å². The molecule has 0 amide bonds. The van der Waals surface area contributed by atoms with Crippen LogP contribution in [-0.2, 0) is 23.2 Å². The molecule has 4 aromatic rings. The van der Waals surface area contributed by atoms with Gasteiger partial charge in [0, 0.05) is 0 Å². The molecule has 236 valence electrons. The fraction of sp³-hybridized carbons (Fsp3) is 0.333. The van der Waals surface area contributed by atoms with Crippen molar-refractivity contribution in [3.05, 3.63) is 124 Å². The molecule has 0 aliphatic heterocycles. The first-order valence-electron chi connectivity index (χ1n) is 16.8. The monoisotopic (exact) mass is 738 g/mol. The number of rotatable bonds is 7. The number of hydrogen-bond donors (Lipinski definition) is 0. The van der Waals surface area contributed by atoms with E-state index in [1.807, 2.05) is 0 Å². The molecule has 46 heavy (non-hydrogen) atoms. The van der Waals surface area contributed by atoms with Crippen molar-refractivity contribution in [2.24, 2.45) is 5.92 Å². The third-order valence-electron chi connectivity index (χ3n) is 10.5. The summed E-state index contributed by atoms with van der Waals surface area (Å²) in [6.07, 6.45) is 10.8. The average Bonchev–Trinajstić information content (AvgIpc) is 3.75. The zero-order chi connectivity index (χ0) is 30.6. The Morgan fingerprint density at radius 1 is 0.652 bits per heavy atom. The van der Waals surface area contributed by atoms with E-state index in [1.165, 1.54) is 69.8 Å². The summed E-state index contributed by atoms with van der Waals surface area (Å²) in [5.74, 6) is 1.33. The molecule has 0 saturated heterocycles. The van der Waals surface area contributed by atoms with E-state index in [9.17, 15) is 0 Å². The van der Waals surface area contributed by atoms with Gasteiger partial charge in [0.25, 0.3) is 0 Å². The van der Waals surface area contributed by atoms with Gasteiger partial charge in [0.1, 0.15) is 0 Å². The predicted molar refractivity (Wildman–Crippen MR) is 190 cm³/mol. The summed E-state index contributed by atoms with van der Waals surface area (Å²) < 4.78 is 1.29. The summed E-state index contributed by atoms with van der Waals surface area (Å²) in [6.45, 7) is 14.3. The summed E-state index contributed by atoms with van der Waals surface area (Å²) in [5.41, 5.74) is 16.6. The van der Waals surface area contributed by atoms with Gasteiger partial charge in [-0.2, -0.15) is 0 Å². The van der Waals surface area contributed by atoms with E-state index in [0.717, 1.165) is 5.92 Å². The van der Waals surface area contributed by atoms with Gasteiger partial charge in [-0.25, -0.2) is 0 Å². The Bertz CT molecular complexity index is 1750. The molecule has 4 aromatic carbocycles. The maximum absolute atomic E-state index is 2.67. The van der Waals surface area contributed by atoms with Gasteiger partial charge in [-0.1, -0.05) is 0 Å². The number of benzene rings is 4. The van der Waals surface area contributed by atoms with Gasteiger partial charge < -0.3 is 24.8 Å². The van der Waals surface area contributed by atoms with Crippen LogP contribution in [-0.4, -0.2) is 8.07 Å². The SMILES string of the molecule is CC1=Cc2c(-c3ccc([Si](C)(C)C)cc3)cccc2[CH]1[Zr+2][CH]1C(C2CCCC2)=Cc2c(-c3ccc(C(C)C)cc3)cccc21.[Cl-].[Cl-]. The molecule has 0 aromatic heterocycles. The van der Waals surface area contributed by atoms with Crippen LogP contribution < -0.4 is 30.0 Å². The number of halogens is 2. The molecule has 1 saturated carbocycles. The molecule has 2 atom stereocenters. The average molecular weight is 741 g/mol. The van der Waals surface area contributed by atoms with Gasteiger partial charge in [-0.3, -0.25) is 0 Å². The van der Waals surface area contributed by atoms with E-state index in [1.54, 1.807) is 22.3 Å². The Labute approximate surface area is 302 Å². The summed E-state index contributed by atoms with van der Waals surface area (Å²) in [5, 5.41) is 1.54. The van der Waals surface area contributed by atoms with Crippen molar-refractivity contribution in [1.29, 1.82) is 0 Å². The van der Waals surface area contributed by atoms with Crippen LogP contribution in [0.1, 0.15) is 87.4 Å². The van der Waals surface area contributed by atoms with E-state index >= 15 is 0 Å². The Hall–Kier alpha value is -1.96. The van der Waals surface area contributed by atoms with Crippen molar-refractivity contribution in [1.82, 2.24) is 0 Å². The van der Waals surface area contributed by atoms with Crippen molar-refractivity contribution in [3.63, 3.8) is 0 Å². The molecular weight excluding hydrogens is 695 g/mol. The first-order valence-corrected chi connectivity index (χ1v) is 23.2. The smallest absolute Gasteiger partial charge is 1.00 e. The van der Waals surface area contributed by atoms with Gasteiger partial charge in [0.05, 0.1) is 0 Å². The van der Waals surface area contributed by atoms with Crippen molar-refractivity contribution >= 4 is 25.4 Å². The zero-order valence-electron chi connectivity index (χ0n) is 28.1. The normalized spacial score (nSPS) is 18.7. The molecule has 7 rings (SSSR count). The molecule has 1 fully saturated rings. The predicted octanol–water partition coefficient (Wildman–Crippen LogP) is 5.57. The minimum absolute atomic E-state index is 0. The van der Waals surface area contributed by atoms with Crippen LogP contribution in [0.25, 0.3) is 34.4 Å². The minimum Gasteiger partial charge on any atom is -1.00 e. The van der Waals surface area contributed by atoms with E-state index in [4.69, 9.17) is 0 Å². The van der Waals surface area contributed by atoms with Crippen molar-refractivity contribution < 1.29 is 48.0 Å². The van der Waals surface area contributed by atoms with Crippen LogP contribution in [0.2, 0.25) is 19.6 Å². The molecule has 0 heterocycles. The molecular formula is C42H46Cl2SiZr. The van der Waals surface area contributed by atoms with Crippen LogP contribution in [0, 0.1) is 5.92 Å². The van der Waals surface area contributed by atoms with Crippen molar-refractivity contribution in [2.75, 3.05) is 0 Å². The largest absolute Gasteiger partial charge is 1.00 e. The Kier molecular flexibility index (Phi) is 11.0. The van der Waals surface area contributed by atoms with Gasteiger partial charge in [-0.15, -0.1) is 0 Å². The summed E-state index contributed by atoms with van der Waals surface area (Å²) in [7, 11) is -1.31. The Balaban J connectivity index is 0.00000208. The molecule has 2 unspecified atom stereocenters. The number of allylic oxidation sites excluding steroid dienone is 2. The Morgan fingerprint density at radius 2 is 1.17 bits per heavy atom. The second-order valence-corrected chi connectivity index (χ2v) is 23.5. The third-order valence-corrected chi connectivity index (χ3v) is 17.7. The molecule has 3 aliphatic rings. The molecule has 0 bridgehead atoms. The summed E-state index contributed by atoms with van der Waals surface area (Å²) in [4.78, 5) is 0. The maximum atomic E-state index is 2.67. The van der Waals surface area contributed by atoms with Gasteiger partial charge >= 0.3 is 280 Å². The first kappa shape index (κ1) is 35.3. The third kappa shape index (κ3) is 6.67. The van der Waals surface area contributed by atoms with Gasteiger partial charge in [-0.05, 0) is 0 Å². The van der Waals surface area contributed by atoms with Crippen molar-refractivity contribution in [3.8, 4) is 22.3 Å². The summed E-state index contributed by atoms with van der Waals surface area (Å²) >= 11 is -0.930. The van der Waals surface area contributed by atoms with Crippen LogP contribution in [0.15, 0.2) is 96.1 Å².